The van der Waals surface area contributed by atoms with Gasteiger partial charge in [0, 0.05) is 0 Å². The summed E-state index contributed by atoms with van der Waals surface area (Å²) in [5.41, 5.74) is -1.16. The van der Waals surface area contributed by atoms with Crippen molar-refractivity contribution in [1.29, 1.82) is 0 Å². The summed E-state index contributed by atoms with van der Waals surface area (Å²) in [7, 11) is 0. The van der Waals surface area contributed by atoms with Crippen LogP contribution in [0, 0.1) is 5.82 Å². The van der Waals surface area contributed by atoms with Crippen LogP contribution in [0.2, 0.25) is 0 Å². The molecule has 0 aromatic heterocycles. The quantitative estimate of drug-likeness (QED) is 0.861. The van der Waals surface area contributed by atoms with Gasteiger partial charge < -0.3 is 15.2 Å². The van der Waals surface area contributed by atoms with Crippen molar-refractivity contribution < 1.29 is 23.8 Å². The van der Waals surface area contributed by atoms with E-state index in [0.717, 1.165) is 12.8 Å². The maximum Gasteiger partial charge on any atom is 0.329 e. The van der Waals surface area contributed by atoms with Crippen molar-refractivity contribution in [3.8, 4) is 5.75 Å². The minimum Gasteiger partial charge on any atom is -0.484 e. The van der Waals surface area contributed by atoms with Crippen molar-refractivity contribution in [3.05, 3.63) is 30.1 Å². The second-order valence-corrected chi connectivity index (χ2v) is 4.89. The number of benzene rings is 1. The number of carbonyl (C=O) groups excluding carboxylic acids is 1. The number of aliphatic carboxylic acids is 1. The van der Waals surface area contributed by atoms with Crippen LogP contribution in [0.4, 0.5) is 4.39 Å². The van der Waals surface area contributed by atoms with Crippen LogP contribution in [0.3, 0.4) is 0 Å². The van der Waals surface area contributed by atoms with Crippen LogP contribution < -0.4 is 10.1 Å². The Morgan fingerprint density at radius 2 is 1.85 bits per heavy atom. The van der Waals surface area contributed by atoms with E-state index in [9.17, 15) is 19.1 Å². The smallest absolute Gasteiger partial charge is 0.329 e. The number of carbonyl (C=O) groups is 2. The van der Waals surface area contributed by atoms with E-state index < -0.39 is 23.2 Å². The number of hydrogen-bond acceptors (Lipinski definition) is 3. The van der Waals surface area contributed by atoms with E-state index in [2.05, 4.69) is 5.32 Å². The molecule has 0 bridgehead atoms. The van der Waals surface area contributed by atoms with Crippen LogP contribution in [0.1, 0.15) is 25.7 Å². The molecular weight excluding hydrogens is 265 g/mol. The number of halogens is 1. The van der Waals surface area contributed by atoms with Crippen molar-refractivity contribution in [2.45, 2.75) is 31.2 Å². The summed E-state index contributed by atoms with van der Waals surface area (Å²) in [4.78, 5) is 23.0. The second kappa shape index (κ2) is 5.90. The first kappa shape index (κ1) is 14.3. The molecule has 0 heterocycles. The summed E-state index contributed by atoms with van der Waals surface area (Å²) in [5.74, 6) is -1.53. The SMILES string of the molecule is O=C(COc1ccc(F)cc1)NC1(C(=O)O)CCCC1. The molecule has 0 unspecified atom stereocenters. The molecule has 1 saturated carbocycles. The number of amides is 1. The number of ether oxygens (including phenoxy) is 1. The maximum absolute atomic E-state index is 12.7. The molecule has 2 N–H and O–H groups in total. The molecule has 6 heteroatoms. The number of hydrogen-bond donors (Lipinski definition) is 2. The Labute approximate surface area is 115 Å². The highest BCUT2D eigenvalue weighted by Gasteiger charge is 2.42. The summed E-state index contributed by atoms with van der Waals surface area (Å²) < 4.78 is 17.9. The largest absolute Gasteiger partial charge is 0.484 e. The van der Waals surface area contributed by atoms with Crippen LogP contribution in [-0.4, -0.2) is 29.1 Å². The summed E-state index contributed by atoms with van der Waals surface area (Å²) in [6.45, 7) is -0.291. The van der Waals surface area contributed by atoms with Gasteiger partial charge in [0.15, 0.2) is 6.61 Å². The van der Waals surface area contributed by atoms with Gasteiger partial charge in [-0.25, -0.2) is 9.18 Å². The van der Waals surface area contributed by atoms with Crippen molar-refractivity contribution in [2.75, 3.05) is 6.61 Å². The lowest BCUT2D eigenvalue weighted by Crippen LogP contribution is -2.53. The van der Waals surface area contributed by atoms with Gasteiger partial charge in [-0.15, -0.1) is 0 Å². The third-order valence-electron chi connectivity index (χ3n) is 3.43. The third-order valence-corrected chi connectivity index (χ3v) is 3.43. The molecular formula is C14H16FNO4. The summed E-state index contributed by atoms with van der Waals surface area (Å²) in [6, 6.07) is 5.27. The van der Waals surface area contributed by atoms with E-state index in [1.165, 1.54) is 24.3 Å². The molecule has 5 nitrogen and oxygen atoms in total. The Hall–Kier alpha value is -2.11. The fourth-order valence-electron chi connectivity index (χ4n) is 2.35. The van der Waals surface area contributed by atoms with Gasteiger partial charge in [-0.1, -0.05) is 12.8 Å². The number of nitrogens with one attached hydrogen (secondary N) is 1. The minimum atomic E-state index is -1.16. The van der Waals surface area contributed by atoms with Gasteiger partial charge in [-0.05, 0) is 37.1 Å². The zero-order valence-corrected chi connectivity index (χ0v) is 10.9. The number of carboxylic acid groups (broad SMARTS) is 1. The van der Waals surface area contributed by atoms with Gasteiger partial charge in [0.25, 0.3) is 5.91 Å². The lowest BCUT2D eigenvalue weighted by atomic mass is 9.98. The predicted molar refractivity (Wildman–Crippen MR) is 68.9 cm³/mol. The molecule has 1 aliphatic rings. The topological polar surface area (TPSA) is 75.6 Å². The zero-order chi connectivity index (χ0) is 14.6. The van der Waals surface area contributed by atoms with E-state index in [4.69, 9.17) is 4.74 Å². The molecule has 1 aliphatic carbocycles. The van der Waals surface area contributed by atoms with Gasteiger partial charge in [0.2, 0.25) is 0 Å². The Morgan fingerprint density at radius 3 is 2.40 bits per heavy atom. The number of carboxylic acids is 1. The highest BCUT2D eigenvalue weighted by Crippen LogP contribution is 2.29. The number of rotatable bonds is 5. The van der Waals surface area contributed by atoms with Crippen LogP contribution >= 0.6 is 0 Å². The van der Waals surface area contributed by atoms with E-state index >= 15 is 0 Å². The van der Waals surface area contributed by atoms with E-state index in [1.54, 1.807) is 0 Å². The molecule has 0 saturated heterocycles. The molecule has 1 fully saturated rings. The maximum atomic E-state index is 12.7. The average molecular weight is 281 g/mol. The average Bonchev–Trinajstić information content (AvgIpc) is 2.88. The molecule has 1 amide bonds. The standard InChI is InChI=1S/C14H16FNO4/c15-10-3-5-11(6-4-10)20-9-12(17)16-14(13(18)19)7-1-2-8-14/h3-6H,1-2,7-9H2,(H,16,17)(H,18,19). The normalized spacial score (nSPS) is 16.6. The van der Waals surface area contributed by atoms with Crippen LogP contribution in [0.15, 0.2) is 24.3 Å². The first-order valence-corrected chi connectivity index (χ1v) is 6.45. The Morgan fingerprint density at radius 1 is 1.25 bits per heavy atom. The van der Waals surface area contributed by atoms with Gasteiger partial charge in [-0.2, -0.15) is 0 Å². The summed E-state index contributed by atoms with van der Waals surface area (Å²) in [5, 5.41) is 11.8. The second-order valence-electron chi connectivity index (χ2n) is 4.89. The monoisotopic (exact) mass is 281 g/mol. The van der Waals surface area contributed by atoms with Gasteiger partial charge in [-0.3, -0.25) is 4.79 Å². The molecule has 1 aromatic rings. The molecule has 20 heavy (non-hydrogen) atoms. The summed E-state index contributed by atoms with van der Waals surface area (Å²) >= 11 is 0. The highest BCUT2D eigenvalue weighted by molar-refractivity contribution is 5.87. The van der Waals surface area contributed by atoms with E-state index in [1.807, 2.05) is 0 Å². The lowest BCUT2D eigenvalue weighted by molar-refractivity contribution is -0.147. The molecule has 0 radical (unpaired) electrons. The first-order chi connectivity index (χ1) is 9.52. The van der Waals surface area contributed by atoms with E-state index in [-0.39, 0.29) is 6.61 Å². The van der Waals surface area contributed by atoms with E-state index in [0.29, 0.717) is 18.6 Å². The highest BCUT2D eigenvalue weighted by atomic mass is 19.1. The molecule has 0 atom stereocenters. The molecule has 0 spiro atoms. The third kappa shape index (κ3) is 3.26. The minimum absolute atomic E-state index is 0.291. The van der Waals surface area contributed by atoms with Gasteiger partial charge >= 0.3 is 5.97 Å². The molecule has 2 rings (SSSR count). The van der Waals surface area contributed by atoms with Gasteiger partial charge in [0.05, 0.1) is 0 Å². The van der Waals surface area contributed by atoms with Gasteiger partial charge in [0.1, 0.15) is 17.1 Å². The summed E-state index contributed by atoms with van der Waals surface area (Å²) in [6.07, 6.45) is 2.44. The molecule has 1 aromatic carbocycles. The Balaban J connectivity index is 1.89. The van der Waals surface area contributed by atoms with Crippen molar-refractivity contribution in [3.63, 3.8) is 0 Å². The Bertz CT molecular complexity index is 494. The van der Waals surface area contributed by atoms with Crippen molar-refractivity contribution >= 4 is 11.9 Å². The fraction of sp³-hybridized carbons (Fsp3) is 0.429. The molecule has 0 aliphatic heterocycles. The Kier molecular flexibility index (Phi) is 4.22. The molecule has 108 valence electrons. The first-order valence-electron chi connectivity index (χ1n) is 6.45. The van der Waals surface area contributed by atoms with Crippen molar-refractivity contribution in [1.82, 2.24) is 5.32 Å². The van der Waals surface area contributed by atoms with Crippen molar-refractivity contribution in [2.24, 2.45) is 0 Å². The lowest BCUT2D eigenvalue weighted by Gasteiger charge is -2.25. The fourth-order valence-corrected chi connectivity index (χ4v) is 2.35. The zero-order valence-electron chi connectivity index (χ0n) is 10.9. The van der Waals surface area contributed by atoms with Crippen LogP contribution in [0.25, 0.3) is 0 Å². The van der Waals surface area contributed by atoms with Crippen LogP contribution in [0.5, 0.6) is 5.75 Å². The van der Waals surface area contributed by atoms with Crippen LogP contribution in [-0.2, 0) is 9.59 Å². The predicted octanol–water partition coefficient (Wildman–Crippen LogP) is 1.72.